The van der Waals surface area contributed by atoms with Crippen molar-refractivity contribution in [1.29, 1.82) is 0 Å². The Morgan fingerprint density at radius 3 is 2.13 bits per heavy atom. The Morgan fingerprint density at radius 2 is 1.30 bits per heavy atom. The summed E-state index contributed by atoms with van der Waals surface area (Å²) < 4.78 is 6.81. The highest BCUT2D eigenvalue weighted by Gasteiger charge is 2.20. The summed E-state index contributed by atoms with van der Waals surface area (Å²) in [4.78, 5) is 5.22. The van der Waals surface area contributed by atoms with Crippen LogP contribution in [0, 0.1) is 0 Å². The van der Waals surface area contributed by atoms with Crippen molar-refractivity contribution >= 4 is 49.7 Å². The normalized spacial score (nSPS) is 12.2. The molecular formula is C26H18N4. The molecule has 3 aromatic heterocycles. The highest BCUT2D eigenvalue weighted by atomic mass is 15.2. The Labute approximate surface area is 172 Å². The van der Waals surface area contributed by atoms with Crippen LogP contribution in [0.15, 0.2) is 91.0 Å². The third-order valence-electron chi connectivity index (χ3n) is 6.25. The van der Waals surface area contributed by atoms with Crippen LogP contribution in [0.1, 0.15) is 0 Å². The monoisotopic (exact) mass is 386 g/mol. The topological polar surface area (TPSA) is 27.2 Å². The van der Waals surface area contributed by atoms with E-state index in [1.165, 1.54) is 21.8 Å². The molecule has 0 atom stereocenters. The lowest BCUT2D eigenvalue weighted by Gasteiger charge is -2.04. The number of rotatable bonds is 1. The van der Waals surface area contributed by atoms with Crippen LogP contribution in [-0.2, 0) is 7.05 Å². The predicted octanol–water partition coefficient (Wildman–Crippen LogP) is 6.08. The molecule has 0 bridgehead atoms. The van der Waals surface area contributed by atoms with E-state index in [2.05, 4.69) is 106 Å². The van der Waals surface area contributed by atoms with Gasteiger partial charge in [-0.3, -0.25) is 8.97 Å². The first kappa shape index (κ1) is 15.8. The average Bonchev–Trinajstić information content (AvgIpc) is 3.42. The van der Waals surface area contributed by atoms with E-state index in [1.54, 1.807) is 0 Å². The van der Waals surface area contributed by atoms with Gasteiger partial charge < -0.3 is 4.57 Å². The van der Waals surface area contributed by atoms with E-state index in [1.807, 2.05) is 6.07 Å². The number of fused-ring (bicyclic) bond motifs is 9. The van der Waals surface area contributed by atoms with Gasteiger partial charge in [-0.25, -0.2) is 4.98 Å². The molecule has 0 saturated carbocycles. The minimum absolute atomic E-state index is 0.940. The molecule has 0 N–H and O–H groups in total. The number of para-hydroxylation sites is 4. The lowest BCUT2D eigenvalue weighted by molar-refractivity contribution is 1.02. The first-order chi connectivity index (χ1) is 14.8. The lowest BCUT2D eigenvalue weighted by atomic mass is 10.1. The molecule has 4 heteroatoms. The minimum atomic E-state index is 0.940. The lowest BCUT2D eigenvalue weighted by Crippen LogP contribution is -1.94. The molecule has 0 aliphatic rings. The van der Waals surface area contributed by atoms with Crippen molar-refractivity contribution < 1.29 is 0 Å². The summed E-state index contributed by atoms with van der Waals surface area (Å²) in [5.41, 5.74) is 8.02. The molecule has 0 radical (unpaired) electrons. The van der Waals surface area contributed by atoms with E-state index in [0.717, 1.165) is 33.5 Å². The fourth-order valence-electron chi connectivity index (χ4n) is 4.96. The largest absolute Gasteiger partial charge is 0.342 e. The molecule has 0 fully saturated rings. The standard InChI is InChI=1S/C26H18N4/c1-28-20-12-6-5-11-18(20)19-15-16-23-24(25(19)28)27-26-29(17-9-3-2-4-10-17)21-13-7-8-14-22(21)30(23)26/h2-16H,1H3. The fourth-order valence-corrected chi connectivity index (χ4v) is 4.96. The van der Waals surface area contributed by atoms with Crippen LogP contribution in [0.2, 0.25) is 0 Å². The molecule has 7 aromatic rings. The Kier molecular flexibility index (Phi) is 2.91. The molecule has 0 aliphatic carbocycles. The van der Waals surface area contributed by atoms with Gasteiger partial charge in [0, 0.05) is 29.0 Å². The molecule has 0 amide bonds. The van der Waals surface area contributed by atoms with Gasteiger partial charge in [0.15, 0.2) is 0 Å². The van der Waals surface area contributed by atoms with Gasteiger partial charge in [-0.1, -0.05) is 48.5 Å². The zero-order valence-corrected chi connectivity index (χ0v) is 16.4. The van der Waals surface area contributed by atoms with E-state index in [0.29, 0.717) is 0 Å². The molecular weight excluding hydrogens is 368 g/mol. The molecule has 4 aromatic carbocycles. The van der Waals surface area contributed by atoms with Crippen LogP contribution in [-0.4, -0.2) is 18.5 Å². The predicted molar refractivity (Wildman–Crippen MR) is 124 cm³/mol. The van der Waals surface area contributed by atoms with Crippen molar-refractivity contribution in [3.8, 4) is 5.69 Å². The summed E-state index contributed by atoms with van der Waals surface area (Å²) in [6.45, 7) is 0. The van der Waals surface area contributed by atoms with Crippen molar-refractivity contribution in [2.75, 3.05) is 0 Å². The molecule has 7 rings (SSSR count). The van der Waals surface area contributed by atoms with E-state index in [-0.39, 0.29) is 0 Å². The van der Waals surface area contributed by atoms with Gasteiger partial charge in [0.05, 0.1) is 22.1 Å². The summed E-state index contributed by atoms with van der Waals surface area (Å²) in [5, 5.41) is 2.52. The number of nitrogens with zero attached hydrogens (tertiary/aromatic N) is 4. The molecule has 0 spiro atoms. The van der Waals surface area contributed by atoms with Gasteiger partial charge in [0.1, 0.15) is 5.52 Å². The quantitative estimate of drug-likeness (QED) is 0.336. The van der Waals surface area contributed by atoms with E-state index < -0.39 is 0 Å². The molecule has 0 unspecified atom stereocenters. The van der Waals surface area contributed by atoms with Gasteiger partial charge in [-0.2, -0.15) is 0 Å². The van der Waals surface area contributed by atoms with Crippen LogP contribution < -0.4 is 0 Å². The molecule has 4 nitrogen and oxygen atoms in total. The third-order valence-corrected chi connectivity index (χ3v) is 6.25. The maximum Gasteiger partial charge on any atom is 0.220 e. The fraction of sp³-hybridized carbons (Fsp3) is 0.0385. The van der Waals surface area contributed by atoms with Crippen molar-refractivity contribution in [2.45, 2.75) is 0 Å². The molecule has 3 heterocycles. The first-order valence-electron chi connectivity index (χ1n) is 10.2. The number of hydrogen-bond donors (Lipinski definition) is 0. The summed E-state index contributed by atoms with van der Waals surface area (Å²) in [5.74, 6) is 0.940. The van der Waals surface area contributed by atoms with Crippen LogP contribution in [0.5, 0.6) is 0 Å². The van der Waals surface area contributed by atoms with Crippen LogP contribution in [0.25, 0.3) is 55.3 Å². The molecule has 142 valence electrons. The first-order valence-corrected chi connectivity index (χ1v) is 10.2. The van der Waals surface area contributed by atoms with Gasteiger partial charge in [-0.15, -0.1) is 0 Å². The SMILES string of the molecule is Cn1c2ccccc2c2ccc3c(nc4n(-c5ccccc5)c5ccccc5n34)c21. The van der Waals surface area contributed by atoms with Gasteiger partial charge in [-0.05, 0) is 42.5 Å². The Balaban J connectivity index is 1.74. The second-order valence-electron chi connectivity index (χ2n) is 7.81. The second kappa shape index (κ2) is 5.51. The van der Waals surface area contributed by atoms with Crippen molar-refractivity contribution in [1.82, 2.24) is 18.5 Å². The van der Waals surface area contributed by atoms with Crippen molar-refractivity contribution in [3.63, 3.8) is 0 Å². The Hall–Kier alpha value is -4.05. The average molecular weight is 386 g/mol. The third kappa shape index (κ3) is 1.83. The highest BCUT2D eigenvalue weighted by Crippen LogP contribution is 2.36. The zero-order valence-electron chi connectivity index (χ0n) is 16.4. The highest BCUT2D eigenvalue weighted by molar-refractivity contribution is 6.17. The maximum atomic E-state index is 5.22. The van der Waals surface area contributed by atoms with Gasteiger partial charge in [0.25, 0.3) is 0 Å². The van der Waals surface area contributed by atoms with E-state index in [4.69, 9.17) is 4.98 Å². The second-order valence-corrected chi connectivity index (χ2v) is 7.81. The van der Waals surface area contributed by atoms with Crippen molar-refractivity contribution in [2.24, 2.45) is 7.05 Å². The summed E-state index contributed by atoms with van der Waals surface area (Å²) in [7, 11) is 2.14. The van der Waals surface area contributed by atoms with Crippen molar-refractivity contribution in [3.05, 3.63) is 91.0 Å². The van der Waals surface area contributed by atoms with Crippen LogP contribution in [0.4, 0.5) is 0 Å². The van der Waals surface area contributed by atoms with Gasteiger partial charge >= 0.3 is 0 Å². The molecule has 0 aliphatic heterocycles. The smallest absolute Gasteiger partial charge is 0.220 e. The van der Waals surface area contributed by atoms with E-state index >= 15 is 0 Å². The summed E-state index contributed by atoms with van der Waals surface area (Å²) in [6, 6.07) is 32.0. The van der Waals surface area contributed by atoms with Crippen LogP contribution in [0.3, 0.4) is 0 Å². The maximum absolute atomic E-state index is 5.22. The summed E-state index contributed by atoms with van der Waals surface area (Å²) in [6.07, 6.45) is 0. The number of benzene rings is 4. The molecule has 30 heavy (non-hydrogen) atoms. The number of aryl methyl sites for hydroxylation is 1. The van der Waals surface area contributed by atoms with Gasteiger partial charge in [0.2, 0.25) is 5.78 Å². The summed E-state index contributed by atoms with van der Waals surface area (Å²) >= 11 is 0. The Bertz CT molecular complexity index is 1750. The van der Waals surface area contributed by atoms with Crippen LogP contribution >= 0.6 is 0 Å². The van der Waals surface area contributed by atoms with E-state index in [9.17, 15) is 0 Å². The minimum Gasteiger partial charge on any atom is -0.342 e. The number of hydrogen-bond acceptors (Lipinski definition) is 1. The molecule has 0 saturated heterocycles. The Morgan fingerprint density at radius 1 is 0.600 bits per heavy atom. The number of aromatic nitrogens is 4. The number of imidazole rings is 2. The zero-order chi connectivity index (χ0) is 19.8.